The third-order valence-corrected chi connectivity index (χ3v) is 9.76. The molecule has 0 saturated heterocycles. The molecule has 0 aliphatic carbocycles. The Kier molecular flexibility index (Phi) is 27.6. The monoisotopic (exact) mass is 788 g/mol. The number of benzene rings is 2. The topological polar surface area (TPSA) is 114 Å². The SMILES string of the molecule is CCCCCCCCCCCCc1ccc(S(=O)(=O)[O-])cc1.CCCCCCCCCCCCc1ccc(S(=O)(=O)[O-])cc1.[Ba+2]. The maximum absolute atomic E-state index is 10.8. The van der Waals surface area contributed by atoms with Gasteiger partial charge in [0, 0.05) is 0 Å². The van der Waals surface area contributed by atoms with E-state index < -0.39 is 20.2 Å². The van der Waals surface area contributed by atoms with Gasteiger partial charge in [-0.15, -0.1) is 0 Å². The summed E-state index contributed by atoms with van der Waals surface area (Å²) in [5.41, 5.74) is 2.21. The largest absolute Gasteiger partial charge is 2.00 e. The van der Waals surface area contributed by atoms with Gasteiger partial charge in [0.05, 0.1) is 9.79 Å². The van der Waals surface area contributed by atoms with Crippen LogP contribution in [-0.4, -0.2) is 74.8 Å². The number of unbranched alkanes of at least 4 members (excludes halogenated alkanes) is 18. The van der Waals surface area contributed by atoms with Crippen molar-refractivity contribution in [1.29, 1.82) is 0 Å². The zero-order chi connectivity index (χ0) is 32.5. The van der Waals surface area contributed by atoms with E-state index in [1.54, 1.807) is 24.3 Å². The third-order valence-electron chi connectivity index (χ3n) is 8.06. The van der Waals surface area contributed by atoms with Crippen molar-refractivity contribution in [2.24, 2.45) is 0 Å². The molecule has 0 aliphatic heterocycles. The van der Waals surface area contributed by atoms with E-state index >= 15 is 0 Å². The molecule has 2 aromatic rings. The van der Waals surface area contributed by atoms with E-state index in [1.165, 1.54) is 140 Å². The van der Waals surface area contributed by atoms with Gasteiger partial charge in [-0.05, 0) is 61.1 Å². The summed E-state index contributed by atoms with van der Waals surface area (Å²) in [6.07, 6.45) is 28.1. The van der Waals surface area contributed by atoms with Gasteiger partial charge in [-0.3, -0.25) is 0 Å². The zero-order valence-electron chi connectivity index (χ0n) is 28.1. The van der Waals surface area contributed by atoms with Gasteiger partial charge in [0.25, 0.3) is 0 Å². The molecule has 9 heteroatoms. The number of aryl methyl sites for hydroxylation is 2. The van der Waals surface area contributed by atoms with Crippen LogP contribution in [-0.2, 0) is 33.1 Å². The van der Waals surface area contributed by atoms with Gasteiger partial charge in [-0.1, -0.05) is 154 Å². The van der Waals surface area contributed by atoms with Crippen LogP contribution < -0.4 is 0 Å². The first-order valence-electron chi connectivity index (χ1n) is 17.2. The summed E-state index contributed by atoms with van der Waals surface area (Å²) in [7, 11) is -8.63. The van der Waals surface area contributed by atoms with Crippen molar-refractivity contribution in [2.45, 2.75) is 165 Å². The standard InChI is InChI=1S/2C18H30O3S.Ba/c2*1-2-3-4-5-6-7-8-9-10-11-12-17-13-15-18(16-14-17)22(19,20)21;/h2*13-16H,2-12H2,1H3,(H,19,20,21);/q;;+2/p-2. The Balaban J connectivity index is 0.000000842. The fourth-order valence-electron chi connectivity index (χ4n) is 5.28. The molecule has 2 rings (SSSR count). The molecule has 0 amide bonds. The molecule has 2 aromatic carbocycles. The molecule has 0 fully saturated rings. The summed E-state index contributed by atoms with van der Waals surface area (Å²) in [6.45, 7) is 4.49. The van der Waals surface area contributed by atoms with E-state index in [2.05, 4.69) is 13.8 Å². The first-order chi connectivity index (χ1) is 21.1. The van der Waals surface area contributed by atoms with Crippen LogP contribution in [0.5, 0.6) is 0 Å². The minimum Gasteiger partial charge on any atom is -0.744 e. The fraction of sp³-hybridized carbons (Fsp3) is 0.667. The van der Waals surface area contributed by atoms with Crippen LogP contribution in [0.2, 0.25) is 0 Å². The predicted molar refractivity (Wildman–Crippen MR) is 186 cm³/mol. The summed E-state index contributed by atoms with van der Waals surface area (Å²) in [4.78, 5) is -0.279. The fourth-order valence-corrected chi connectivity index (χ4v) is 6.22. The van der Waals surface area contributed by atoms with Gasteiger partial charge in [0.1, 0.15) is 20.2 Å². The summed E-state index contributed by atoms with van der Waals surface area (Å²) in [5, 5.41) is 0. The minimum atomic E-state index is -4.31. The van der Waals surface area contributed by atoms with E-state index in [0.29, 0.717) is 0 Å². The Morgan fingerprint density at radius 2 is 0.622 bits per heavy atom. The molecule has 0 unspecified atom stereocenters. The molecule has 0 bridgehead atoms. The van der Waals surface area contributed by atoms with E-state index in [0.717, 1.165) is 36.8 Å². The summed E-state index contributed by atoms with van der Waals surface area (Å²) in [6, 6.07) is 12.6. The minimum absolute atomic E-state index is 0. The summed E-state index contributed by atoms with van der Waals surface area (Å²) < 4.78 is 65.0. The van der Waals surface area contributed by atoms with Crippen molar-refractivity contribution in [3.63, 3.8) is 0 Å². The van der Waals surface area contributed by atoms with Crippen LogP contribution in [0.25, 0.3) is 0 Å². The van der Waals surface area contributed by atoms with Crippen molar-refractivity contribution in [2.75, 3.05) is 0 Å². The van der Waals surface area contributed by atoms with Gasteiger partial charge < -0.3 is 9.11 Å². The molecule has 0 N–H and O–H groups in total. The number of hydrogen-bond acceptors (Lipinski definition) is 6. The third kappa shape index (κ3) is 24.6. The Hall–Kier alpha value is -0.169. The predicted octanol–water partition coefficient (Wildman–Crippen LogP) is 9.73. The second kappa shape index (κ2) is 27.7. The van der Waals surface area contributed by atoms with Crippen molar-refractivity contribution in [1.82, 2.24) is 0 Å². The summed E-state index contributed by atoms with van der Waals surface area (Å²) >= 11 is 0. The normalized spacial score (nSPS) is 11.5. The quantitative estimate of drug-likeness (QED) is 0.0595. The smallest absolute Gasteiger partial charge is 0.744 e. The molecule has 6 nitrogen and oxygen atoms in total. The molecular weight excluding hydrogens is 730 g/mol. The molecule has 0 heterocycles. The van der Waals surface area contributed by atoms with Crippen LogP contribution in [0.3, 0.4) is 0 Å². The maximum atomic E-state index is 10.8. The van der Waals surface area contributed by atoms with E-state index in [9.17, 15) is 25.9 Å². The average Bonchev–Trinajstić information content (AvgIpc) is 2.99. The molecule has 0 spiro atoms. The van der Waals surface area contributed by atoms with Gasteiger partial charge in [0.2, 0.25) is 0 Å². The van der Waals surface area contributed by atoms with Gasteiger partial charge in [-0.25, -0.2) is 16.8 Å². The van der Waals surface area contributed by atoms with E-state index in [-0.39, 0.29) is 58.7 Å². The van der Waals surface area contributed by atoms with Crippen LogP contribution in [0.1, 0.15) is 153 Å². The van der Waals surface area contributed by atoms with Crippen LogP contribution >= 0.6 is 0 Å². The first kappa shape index (κ1) is 44.8. The first-order valence-corrected chi connectivity index (χ1v) is 20.0. The average molecular weight is 788 g/mol. The molecule has 0 aliphatic rings. The van der Waals surface area contributed by atoms with Crippen LogP contribution in [0.4, 0.5) is 0 Å². The van der Waals surface area contributed by atoms with Gasteiger partial charge in [-0.2, -0.15) is 0 Å². The van der Waals surface area contributed by atoms with Crippen molar-refractivity contribution in [3.05, 3.63) is 59.7 Å². The summed E-state index contributed by atoms with van der Waals surface area (Å²) in [5.74, 6) is 0. The Morgan fingerprint density at radius 1 is 0.400 bits per heavy atom. The number of hydrogen-bond donors (Lipinski definition) is 0. The molecule has 0 atom stereocenters. The number of rotatable bonds is 24. The van der Waals surface area contributed by atoms with Crippen molar-refractivity contribution >= 4 is 69.1 Å². The van der Waals surface area contributed by atoms with Crippen LogP contribution in [0, 0.1) is 0 Å². The van der Waals surface area contributed by atoms with Gasteiger partial charge in [0.15, 0.2) is 0 Å². The van der Waals surface area contributed by atoms with E-state index in [1.807, 2.05) is 0 Å². The second-order valence-corrected chi connectivity index (χ2v) is 14.8. The molecule has 0 aromatic heterocycles. The Bertz CT molecular complexity index is 1090. The maximum Gasteiger partial charge on any atom is 2.00 e. The Morgan fingerprint density at radius 3 is 0.844 bits per heavy atom. The van der Waals surface area contributed by atoms with Crippen molar-refractivity contribution in [3.8, 4) is 0 Å². The molecule has 0 radical (unpaired) electrons. The van der Waals surface area contributed by atoms with E-state index in [4.69, 9.17) is 0 Å². The second-order valence-electron chi connectivity index (χ2n) is 12.1. The van der Waals surface area contributed by atoms with Crippen LogP contribution in [0.15, 0.2) is 58.3 Å². The molecule has 45 heavy (non-hydrogen) atoms. The Labute approximate surface area is 316 Å². The molecular formula is C36H58BaO6S2. The molecule has 252 valence electrons. The molecule has 0 saturated carbocycles. The van der Waals surface area contributed by atoms with Gasteiger partial charge >= 0.3 is 48.9 Å². The van der Waals surface area contributed by atoms with Crippen molar-refractivity contribution < 1.29 is 25.9 Å². The zero-order valence-corrected chi connectivity index (χ0v) is 34.2.